The van der Waals surface area contributed by atoms with Crippen molar-refractivity contribution in [1.82, 2.24) is 19.9 Å². The number of nitrogens with one attached hydrogen (secondary N) is 1. The highest BCUT2D eigenvalue weighted by Crippen LogP contribution is 2.27. The second-order valence-electron chi connectivity index (χ2n) is 5.79. The topological polar surface area (TPSA) is 80.0 Å². The van der Waals surface area contributed by atoms with Crippen molar-refractivity contribution in [3.8, 4) is 5.69 Å². The van der Waals surface area contributed by atoms with Crippen LogP contribution in [-0.4, -0.2) is 32.3 Å². The maximum Gasteiger partial charge on any atom is 0.404 e. The van der Waals surface area contributed by atoms with Gasteiger partial charge in [0.2, 0.25) is 0 Å². The van der Waals surface area contributed by atoms with Gasteiger partial charge in [0.25, 0.3) is 0 Å². The summed E-state index contributed by atoms with van der Waals surface area (Å²) >= 11 is 6.26. The molecule has 0 aliphatic carbocycles. The molecule has 1 aromatic carbocycles. The van der Waals surface area contributed by atoms with Gasteiger partial charge in [-0.1, -0.05) is 30.7 Å². The van der Waals surface area contributed by atoms with E-state index < -0.39 is 6.09 Å². The van der Waals surface area contributed by atoms with Crippen LogP contribution in [-0.2, 0) is 12.8 Å². The summed E-state index contributed by atoms with van der Waals surface area (Å²) in [6, 6.07) is 10.0. The maximum absolute atomic E-state index is 10.5. The molecule has 2 heterocycles. The monoisotopic (exact) mass is 358 g/mol. The van der Waals surface area contributed by atoms with Gasteiger partial charge in [-0.3, -0.25) is 4.57 Å². The van der Waals surface area contributed by atoms with Crippen LogP contribution in [0.4, 0.5) is 4.79 Å². The van der Waals surface area contributed by atoms with E-state index in [1.807, 2.05) is 37.3 Å². The molecule has 7 heteroatoms. The van der Waals surface area contributed by atoms with Crippen molar-refractivity contribution in [2.24, 2.45) is 0 Å². The third-order valence-electron chi connectivity index (χ3n) is 4.00. The summed E-state index contributed by atoms with van der Waals surface area (Å²) in [6.45, 7) is 4.36. The zero-order valence-corrected chi connectivity index (χ0v) is 14.8. The summed E-state index contributed by atoms with van der Waals surface area (Å²) in [4.78, 5) is 19.4. The molecule has 6 nitrogen and oxygen atoms in total. The van der Waals surface area contributed by atoms with Gasteiger partial charge in [0.1, 0.15) is 11.3 Å². The van der Waals surface area contributed by atoms with Crippen LogP contribution in [0, 0.1) is 6.92 Å². The molecular weight excluding hydrogens is 340 g/mol. The molecule has 0 aliphatic rings. The highest BCUT2D eigenvalue weighted by atomic mass is 35.5. The van der Waals surface area contributed by atoms with E-state index in [1.165, 1.54) is 0 Å². The first kappa shape index (κ1) is 17.2. The maximum atomic E-state index is 10.5. The van der Waals surface area contributed by atoms with Gasteiger partial charge in [-0.25, -0.2) is 14.8 Å². The molecule has 130 valence electrons. The lowest BCUT2D eigenvalue weighted by atomic mass is 10.1. The van der Waals surface area contributed by atoms with E-state index in [1.54, 1.807) is 0 Å². The lowest BCUT2D eigenvalue weighted by Crippen LogP contribution is -2.23. The van der Waals surface area contributed by atoms with Crippen LogP contribution in [0.1, 0.15) is 24.0 Å². The summed E-state index contributed by atoms with van der Waals surface area (Å²) in [7, 11) is 0. The molecular formula is C18H19ClN4O2. The number of carboxylic acid groups (broad SMARTS) is 1. The van der Waals surface area contributed by atoms with Crippen molar-refractivity contribution in [2.45, 2.75) is 26.7 Å². The van der Waals surface area contributed by atoms with Gasteiger partial charge >= 0.3 is 6.09 Å². The minimum Gasteiger partial charge on any atom is -0.465 e. The number of rotatable bonds is 5. The first-order valence-corrected chi connectivity index (χ1v) is 8.48. The fourth-order valence-electron chi connectivity index (χ4n) is 2.85. The van der Waals surface area contributed by atoms with E-state index in [0.29, 0.717) is 23.6 Å². The lowest BCUT2D eigenvalue weighted by Gasteiger charge is -2.10. The molecule has 0 radical (unpaired) electrons. The number of hydrogen-bond donors (Lipinski definition) is 2. The fourth-order valence-corrected chi connectivity index (χ4v) is 3.13. The first-order chi connectivity index (χ1) is 12.0. The van der Waals surface area contributed by atoms with Crippen molar-refractivity contribution in [3.05, 3.63) is 52.6 Å². The summed E-state index contributed by atoms with van der Waals surface area (Å²) in [5, 5.41) is 11.4. The quantitative estimate of drug-likeness (QED) is 0.680. The molecule has 0 bridgehead atoms. The molecule has 0 atom stereocenters. The Morgan fingerprint density at radius 1 is 1.28 bits per heavy atom. The molecule has 25 heavy (non-hydrogen) atoms. The molecule has 2 aromatic heterocycles. The van der Waals surface area contributed by atoms with Gasteiger partial charge < -0.3 is 10.4 Å². The number of hydrogen-bond acceptors (Lipinski definition) is 3. The molecule has 0 spiro atoms. The smallest absolute Gasteiger partial charge is 0.404 e. The minimum absolute atomic E-state index is 0.392. The highest BCUT2D eigenvalue weighted by molar-refractivity contribution is 6.33. The van der Waals surface area contributed by atoms with Crippen LogP contribution in [0.15, 0.2) is 30.3 Å². The van der Waals surface area contributed by atoms with Crippen molar-refractivity contribution in [1.29, 1.82) is 0 Å². The first-order valence-electron chi connectivity index (χ1n) is 8.10. The van der Waals surface area contributed by atoms with E-state index in [-0.39, 0.29) is 0 Å². The number of fused-ring (bicyclic) bond motifs is 1. The van der Waals surface area contributed by atoms with E-state index in [2.05, 4.69) is 26.8 Å². The standard InChI is InChI=1S/C18H19ClN4O2/c1-3-15-22-16-14(10-11(2)21-17(16)19)23(15)13-6-4-12(5-7-13)8-9-20-18(24)25/h4-7,10,20H,3,8-9H2,1-2H3,(H,24,25). The summed E-state index contributed by atoms with van der Waals surface area (Å²) in [5.41, 5.74) is 4.55. The molecule has 0 saturated carbocycles. The van der Waals surface area contributed by atoms with Crippen LogP contribution in [0.2, 0.25) is 5.15 Å². The Bertz CT molecular complexity index is 919. The zero-order chi connectivity index (χ0) is 18.0. The van der Waals surface area contributed by atoms with Gasteiger partial charge in [0, 0.05) is 24.3 Å². The number of imidazole rings is 1. The van der Waals surface area contributed by atoms with Crippen LogP contribution >= 0.6 is 11.6 Å². The van der Waals surface area contributed by atoms with E-state index in [9.17, 15) is 4.79 Å². The molecule has 0 saturated heterocycles. The predicted octanol–water partition coefficient (Wildman–Crippen LogP) is 3.75. The molecule has 1 amide bonds. The molecule has 3 aromatic rings. The molecule has 3 rings (SSSR count). The number of carbonyl (C=O) groups is 1. The van der Waals surface area contributed by atoms with Crippen LogP contribution in [0.5, 0.6) is 0 Å². The number of halogens is 1. The zero-order valence-electron chi connectivity index (χ0n) is 14.1. The number of amides is 1. The van der Waals surface area contributed by atoms with Gasteiger partial charge in [0.05, 0.1) is 5.52 Å². The van der Waals surface area contributed by atoms with E-state index in [4.69, 9.17) is 16.7 Å². The normalized spacial score (nSPS) is 11.0. The van der Waals surface area contributed by atoms with Crippen LogP contribution < -0.4 is 5.32 Å². The van der Waals surface area contributed by atoms with Gasteiger partial charge in [-0.15, -0.1) is 0 Å². The fraction of sp³-hybridized carbons (Fsp3) is 0.278. The minimum atomic E-state index is -1.00. The molecule has 0 aliphatic heterocycles. The number of aryl methyl sites for hydroxylation is 2. The van der Waals surface area contributed by atoms with Crippen molar-refractivity contribution in [3.63, 3.8) is 0 Å². The Balaban J connectivity index is 1.97. The summed E-state index contributed by atoms with van der Waals surface area (Å²) in [5.74, 6) is 0.921. The van der Waals surface area contributed by atoms with E-state index in [0.717, 1.165) is 34.7 Å². The Hall–Kier alpha value is -2.60. The molecule has 2 N–H and O–H groups in total. The second kappa shape index (κ2) is 7.11. The third-order valence-corrected chi connectivity index (χ3v) is 4.26. The van der Waals surface area contributed by atoms with Crippen molar-refractivity contribution >= 4 is 28.7 Å². The largest absolute Gasteiger partial charge is 0.465 e. The van der Waals surface area contributed by atoms with Crippen LogP contribution in [0.25, 0.3) is 16.7 Å². The van der Waals surface area contributed by atoms with Gasteiger partial charge in [-0.2, -0.15) is 0 Å². The Morgan fingerprint density at radius 2 is 2.00 bits per heavy atom. The number of aromatic nitrogens is 3. The molecule has 0 fully saturated rings. The molecule has 0 unspecified atom stereocenters. The van der Waals surface area contributed by atoms with Crippen molar-refractivity contribution in [2.75, 3.05) is 6.54 Å². The highest BCUT2D eigenvalue weighted by Gasteiger charge is 2.15. The third kappa shape index (κ3) is 3.58. The van der Waals surface area contributed by atoms with Gasteiger partial charge in [-0.05, 0) is 37.1 Å². The van der Waals surface area contributed by atoms with Crippen LogP contribution in [0.3, 0.4) is 0 Å². The SMILES string of the molecule is CCc1nc2c(Cl)nc(C)cc2n1-c1ccc(CCNC(=O)O)cc1. The van der Waals surface area contributed by atoms with E-state index >= 15 is 0 Å². The number of benzene rings is 1. The van der Waals surface area contributed by atoms with Gasteiger partial charge in [0.15, 0.2) is 5.15 Å². The summed E-state index contributed by atoms with van der Waals surface area (Å²) < 4.78 is 2.09. The Labute approximate surface area is 150 Å². The average molecular weight is 359 g/mol. The van der Waals surface area contributed by atoms with Crippen molar-refractivity contribution < 1.29 is 9.90 Å². The summed E-state index contributed by atoms with van der Waals surface area (Å²) in [6.07, 6.45) is 0.413. The Kier molecular flexibility index (Phi) is 4.90. The Morgan fingerprint density at radius 3 is 2.64 bits per heavy atom. The number of nitrogens with zero attached hydrogens (tertiary/aromatic N) is 3. The average Bonchev–Trinajstić information content (AvgIpc) is 2.94. The number of pyridine rings is 1. The predicted molar refractivity (Wildman–Crippen MR) is 97.7 cm³/mol. The lowest BCUT2D eigenvalue weighted by molar-refractivity contribution is 0.194. The second-order valence-corrected chi connectivity index (χ2v) is 6.15.